The van der Waals surface area contributed by atoms with E-state index >= 15 is 0 Å². The maximum absolute atomic E-state index is 13.7. The summed E-state index contributed by atoms with van der Waals surface area (Å²) < 4.78 is 23.7. The van der Waals surface area contributed by atoms with E-state index in [9.17, 15) is 45.3 Å². The molecule has 6 fully saturated rings. The number of amides is 1. The highest BCUT2D eigenvalue weighted by atomic mass is 16.7. The molecule has 22 unspecified atom stereocenters. The molecule has 0 bridgehead atoms. The van der Waals surface area contributed by atoms with Crippen molar-refractivity contribution in [2.45, 2.75) is 193 Å². The molecule has 6 aliphatic rings. The summed E-state index contributed by atoms with van der Waals surface area (Å²) in [5, 5.41) is 78.0. The van der Waals surface area contributed by atoms with Gasteiger partial charge in [0.15, 0.2) is 12.6 Å². The van der Waals surface area contributed by atoms with Gasteiger partial charge in [0.05, 0.1) is 24.9 Å². The Morgan fingerprint density at radius 1 is 0.810 bits per heavy atom. The Morgan fingerprint density at radius 2 is 1.48 bits per heavy atom. The Morgan fingerprint density at radius 3 is 2.17 bits per heavy atom. The first-order valence-electron chi connectivity index (χ1n) is 22.5. The van der Waals surface area contributed by atoms with Crippen LogP contribution in [-0.2, 0) is 28.5 Å². The average Bonchev–Trinajstić information content (AvgIpc) is 3.48. The second-order valence-electron chi connectivity index (χ2n) is 20.0. The Balaban J connectivity index is 1.03. The molecule has 0 aromatic carbocycles. The highest BCUT2D eigenvalue weighted by Crippen LogP contribution is 2.68. The Kier molecular flexibility index (Phi) is 14.8. The maximum atomic E-state index is 13.7. The van der Waals surface area contributed by atoms with Crippen LogP contribution in [0.1, 0.15) is 119 Å². The number of rotatable bonds is 14. The highest BCUT2D eigenvalue weighted by Gasteiger charge is 2.63. The summed E-state index contributed by atoms with van der Waals surface area (Å²) in [5.41, 5.74) is -0.0427. The zero-order valence-corrected chi connectivity index (χ0v) is 35.8. The van der Waals surface area contributed by atoms with E-state index in [2.05, 4.69) is 26.1 Å². The van der Waals surface area contributed by atoms with Crippen molar-refractivity contribution in [3.63, 3.8) is 0 Å². The smallest absolute Gasteiger partial charge is 0.222 e. The molecular formula is C44H75NO13. The molecule has 6 rings (SSSR count). The summed E-state index contributed by atoms with van der Waals surface area (Å²) in [5.74, 6) is 1.81. The van der Waals surface area contributed by atoms with Gasteiger partial charge in [-0.1, -0.05) is 41.5 Å². The van der Waals surface area contributed by atoms with Gasteiger partial charge >= 0.3 is 0 Å². The van der Waals surface area contributed by atoms with Crippen molar-refractivity contribution in [1.82, 2.24) is 5.32 Å². The molecule has 22 atom stereocenters. The molecule has 1 amide bonds. The SMILES string of the molecule is CCC(C)C(=O)NCC(C)CCC(=O)C(C)C1C(O)CC2C3CCC4CC(OC5OC(CO)C(OC6OC(C)C(O)C(O)C6O)C(O)C5O)CCC4(C)C3CCC21C. The van der Waals surface area contributed by atoms with E-state index in [1.165, 1.54) is 6.92 Å². The van der Waals surface area contributed by atoms with Crippen LogP contribution in [0.3, 0.4) is 0 Å². The number of carbonyl (C=O) groups excluding carboxylic acids is 2. The van der Waals surface area contributed by atoms with Crippen molar-refractivity contribution < 1.29 is 64.3 Å². The van der Waals surface area contributed by atoms with Crippen molar-refractivity contribution in [3.05, 3.63) is 0 Å². The van der Waals surface area contributed by atoms with Gasteiger partial charge in [-0.2, -0.15) is 0 Å². The molecule has 0 spiro atoms. The number of Topliss-reactive ketones (excluding diaryl/α,β-unsaturated/α-hetero) is 1. The first-order valence-corrected chi connectivity index (χ1v) is 22.5. The number of hydrogen-bond donors (Lipinski definition) is 8. The van der Waals surface area contributed by atoms with Crippen LogP contribution in [0, 0.1) is 58.2 Å². The van der Waals surface area contributed by atoms with Crippen LogP contribution in [0.25, 0.3) is 0 Å². The molecule has 8 N–H and O–H groups in total. The molecule has 0 aromatic rings. The van der Waals surface area contributed by atoms with E-state index in [4.69, 9.17) is 18.9 Å². The van der Waals surface area contributed by atoms with Gasteiger partial charge < -0.3 is 60.0 Å². The molecule has 58 heavy (non-hydrogen) atoms. The first-order chi connectivity index (χ1) is 27.4. The van der Waals surface area contributed by atoms with Gasteiger partial charge in [-0.3, -0.25) is 9.59 Å². The van der Waals surface area contributed by atoms with Crippen molar-refractivity contribution in [2.24, 2.45) is 58.2 Å². The van der Waals surface area contributed by atoms with Crippen LogP contribution < -0.4 is 5.32 Å². The van der Waals surface area contributed by atoms with Gasteiger partial charge in [-0.15, -0.1) is 0 Å². The van der Waals surface area contributed by atoms with Gasteiger partial charge in [-0.25, -0.2) is 0 Å². The van der Waals surface area contributed by atoms with Gasteiger partial charge in [0, 0.05) is 24.8 Å². The van der Waals surface area contributed by atoms with Crippen LogP contribution in [-0.4, -0.2) is 134 Å². The van der Waals surface area contributed by atoms with Crippen molar-refractivity contribution in [3.8, 4) is 0 Å². The lowest BCUT2D eigenvalue weighted by molar-refractivity contribution is -0.361. The number of nitrogens with one attached hydrogen (secondary N) is 1. The molecule has 2 heterocycles. The molecular weight excluding hydrogens is 750 g/mol. The number of hydrogen-bond acceptors (Lipinski definition) is 13. The fourth-order valence-electron chi connectivity index (χ4n) is 12.7. The van der Waals surface area contributed by atoms with E-state index in [1.54, 1.807) is 0 Å². The maximum Gasteiger partial charge on any atom is 0.222 e. The molecule has 2 aliphatic heterocycles. The van der Waals surface area contributed by atoms with Crippen LogP contribution in [0.4, 0.5) is 0 Å². The van der Waals surface area contributed by atoms with Crippen molar-refractivity contribution >= 4 is 11.7 Å². The van der Waals surface area contributed by atoms with E-state index in [1.807, 2.05) is 20.8 Å². The van der Waals surface area contributed by atoms with Crippen LogP contribution in [0.15, 0.2) is 0 Å². The van der Waals surface area contributed by atoms with Crippen molar-refractivity contribution in [1.29, 1.82) is 0 Å². The van der Waals surface area contributed by atoms with Gasteiger partial charge in [0.25, 0.3) is 0 Å². The minimum Gasteiger partial charge on any atom is -0.394 e. The molecule has 0 aromatic heterocycles. The second kappa shape index (κ2) is 18.6. The van der Waals surface area contributed by atoms with Crippen LogP contribution in [0.2, 0.25) is 0 Å². The number of ketones is 1. The predicted molar refractivity (Wildman–Crippen MR) is 212 cm³/mol. The van der Waals surface area contributed by atoms with Gasteiger partial charge in [0.1, 0.15) is 48.5 Å². The summed E-state index contributed by atoms with van der Waals surface area (Å²) in [6.07, 6.45) is -5.13. The van der Waals surface area contributed by atoms with Crippen LogP contribution in [0.5, 0.6) is 0 Å². The standard InChI is InChI=1S/C44H75NO13/c1-8-22(3)40(54)45-19-21(2)9-12-30(47)23(4)33-31(48)18-29-27-11-10-25-17-26(13-15-43(25,6)28(27)14-16-44(29,33)7)56-42-38(53)36(51)39(32(20-46)57-42)58-41-37(52)35(50)34(49)24(5)55-41/h21-29,31-39,41-42,46,48-53H,8-20H2,1-7H3,(H,45,54). The third kappa shape index (κ3) is 8.82. The highest BCUT2D eigenvalue weighted by molar-refractivity contribution is 5.81. The van der Waals surface area contributed by atoms with E-state index < -0.39 is 74.1 Å². The summed E-state index contributed by atoms with van der Waals surface area (Å²) in [6.45, 7) is 14.3. The second-order valence-corrected chi connectivity index (χ2v) is 20.0. The predicted octanol–water partition coefficient (Wildman–Crippen LogP) is 2.44. The molecule has 0 radical (unpaired) electrons. The number of carbonyl (C=O) groups is 2. The fraction of sp³-hybridized carbons (Fsp3) is 0.955. The molecule has 4 saturated carbocycles. The fourth-order valence-corrected chi connectivity index (χ4v) is 12.7. The molecule has 4 aliphatic carbocycles. The number of aliphatic hydroxyl groups is 7. The average molecular weight is 826 g/mol. The van der Waals surface area contributed by atoms with Crippen LogP contribution >= 0.6 is 0 Å². The molecule has 2 saturated heterocycles. The monoisotopic (exact) mass is 826 g/mol. The summed E-state index contributed by atoms with van der Waals surface area (Å²) in [7, 11) is 0. The quantitative estimate of drug-likeness (QED) is 0.118. The van der Waals surface area contributed by atoms with E-state index in [0.717, 1.165) is 57.8 Å². The Hall–Kier alpha value is -1.30. The minimum absolute atomic E-state index is 0.0193. The lowest BCUT2D eigenvalue weighted by Crippen LogP contribution is -2.64. The van der Waals surface area contributed by atoms with E-state index in [-0.39, 0.29) is 52.3 Å². The normalized spacial score (nSPS) is 48.2. The zero-order valence-electron chi connectivity index (χ0n) is 35.8. The summed E-state index contributed by atoms with van der Waals surface area (Å²) in [6, 6.07) is 0. The largest absolute Gasteiger partial charge is 0.394 e. The number of ether oxygens (including phenoxy) is 4. The zero-order chi connectivity index (χ0) is 42.4. The van der Waals surface area contributed by atoms with Gasteiger partial charge in [0.2, 0.25) is 5.91 Å². The molecule has 14 heteroatoms. The van der Waals surface area contributed by atoms with E-state index in [0.29, 0.717) is 43.1 Å². The summed E-state index contributed by atoms with van der Waals surface area (Å²) >= 11 is 0. The van der Waals surface area contributed by atoms with Crippen molar-refractivity contribution in [2.75, 3.05) is 13.2 Å². The topological polar surface area (TPSA) is 225 Å². The lowest BCUT2D eigenvalue weighted by atomic mass is 9.44. The number of fused-ring (bicyclic) bond motifs is 5. The summed E-state index contributed by atoms with van der Waals surface area (Å²) in [4.78, 5) is 26.0. The third-order valence-electron chi connectivity index (χ3n) is 16.6. The third-order valence-corrected chi connectivity index (χ3v) is 16.6. The molecule has 14 nitrogen and oxygen atoms in total. The Labute approximate surface area is 344 Å². The number of aliphatic hydroxyl groups excluding tert-OH is 7. The van der Waals surface area contributed by atoms with Gasteiger partial charge in [-0.05, 0) is 117 Å². The Bertz CT molecular complexity index is 1400. The lowest BCUT2D eigenvalue weighted by Gasteiger charge is -2.61. The first kappa shape index (κ1) is 46.2. The minimum atomic E-state index is -1.63. The molecule has 334 valence electrons.